The van der Waals surface area contributed by atoms with Crippen molar-refractivity contribution in [2.75, 3.05) is 0 Å². The van der Waals surface area contributed by atoms with Crippen molar-refractivity contribution in [3.63, 3.8) is 0 Å². The molecule has 0 atom stereocenters. The standard InChI is InChI=1S/C18H18N2/c1-18(2,3)11-8-9-14-15(10-11)17(20)13-7-5-4-6-12(13)16(14)19/h4-10,19-20H,1-3H3. The Kier molecular flexibility index (Phi) is 2.65. The molecule has 2 aromatic rings. The molecule has 0 amide bonds. The summed E-state index contributed by atoms with van der Waals surface area (Å²) < 4.78 is 0. The highest BCUT2D eigenvalue weighted by Crippen LogP contribution is 2.31. The first kappa shape index (κ1) is 12.8. The molecule has 1 aliphatic carbocycles. The van der Waals surface area contributed by atoms with E-state index in [1.807, 2.05) is 30.3 Å². The minimum atomic E-state index is 0.0501. The predicted molar refractivity (Wildman–Crippen MR) is 83.4 cm³/mol. The van der Waals surface area contributed by atoms with Gasteiger partial charge in [-0.3, -0.25) is 10.8 Å². The SMILES string of the molecule is CC(C)(C)c1ccc2c(c1)C(=N)c1ccccc1C2=N. The van der Waals surface area contributed by atoms with Crippen LogP contribution in [0.4, 0.5) is 0 Å². The number of fused-ring (bicyclic) bond motifs is 2. The molecule has 2 nitrogen and oxygen atoms in total. The fraction of sp³-hybridized carbons (Fsp3) is 0.222. The van der Waals surface area contributed by atoms with Gasteiger partial charge in [0.05, 0.1) is 11.4 Å². The van der Waals surface area contributed by atoms with Crippen LogP contribution in [-0.4, -0.2) is 11.4 Å². The van der Waals surface area contributed by atoms with E-state index in [0.29, 0.717) is 11.4 Å². The molecule has 100 valence electrons. The molecule has 2 heteroatoms. The fourth-order valence-electron chi connectivity index (χ4n) is 2.64. The number of hydrogen-bond acceptors (Lipinski definition) is 2. The molecule has 2 N–H and O–H groups in total. The average molecular weight is 262 g/mol. The summed E-state index contributed by atoms with van der Waals surface area (Å²) >= 11 is 0. The Hall–Kier alpha value is -2.22. The lowest BCUT2D eigenvalue weighted by molar-refractivity contribution is 0.590. The van der Waals surface area contributed by atoms with Gasteiger partial charge in [0.1, 0.15) is 0 Å². The van der Waals surface area contributed by atoms with E-state index in [2.05, 4.69) is 32.9 Å². The minimum Gasteiger partial charge on any atom is -0.300 e. The predicted octanol–water partition coefficient (Wildman–Crippen LogP) is 4.13. The van der Waals surface area contributed by atoms with Gasteiger partial charge in [0.2, 0.25) is 0 Å². The van der Waals surface area contributed by atoms with Crippen molar-refractivity contribution >= 4 is 11.4 Å². The molecule has 0 unspecified atom stereocenters. The van der Waals surface area contributed by atoms with Crippen LogP contribution in [0, 0.1) is 10.8 Å². The van der Waals surface area contributed by atoms with Gasteiger partial charge < -0.3 is 0 Å². The molecular weight excluding hydrogens is 244 g/mol. The van der Waals surface area contributed by atoms with Crippen LogP contribution in [0.5, 0.6) is 0 Å². The maximum Gasteiger partial charge on any atom is 0.0698 e. The molecule has 0 saturated carbocycles. The Morgan fingerprint density at radius 3 is 1.75 bits per heavy atom. The third-order valence-electron chi connectivity index (χ3n) is 3.89. The highest BCUT2D eigenvalue weighted by atomic mass is 14.5. The van der Waals surface area contributed by atoms with Crippen LogP contribution in [0.15, 0.2) is 42.5 Å². The quantitative estimate of drug-likeness (QED) is 0.612. The number of rotatable bonds is 0. The molecule has 2 aromatic carbocycles. The molecule has 0 aromatic heterocycles. The average Bonchev–Trinajstić information content (AvgIpc) is 2.43. The largest absolute Gasteiger partial charge is 0.300 e. The van der Waals surface area contributed by atoms with Gasteiger partial charge in [-0.05, 0) is 17.0 Å². The highest BCUT2D eigenvalue weighted by molar-refractivity contribution is 6.30. The van der Waals surface area contributed by atoms with Gasteiger partial charge in [0.25, 0.3) is 0 Å². The summed E-state index contributed by atoms with van der Waals surface area (Å²) in [6.45, 7) is 6.50. The summed E-state index contributed by atoms with van der Waals surface area (Å²) in [6.07, 6.45) is 0. The maximum atomic E-state index is 8.45. The van der Waals surface area contributed by atoms with Gasteiger partial charge in [0.15, 0.2) is 0 Å². The summed E-state index contributed by atoms with van der Waals surface area (Å²) in [5, 5.41) is 16.8. The van der Waals surface area contributed by atoms with E-state index in [1.165, 1.54) is 5.56 Å². The first-order valence-electron chi connectivity index (χ1n) is 6.82. The zero-order valence-electron chi connectivity index (χ0n) is 12.0. The second-order valence-corrected chi connectivity index (χ2v) is 6.31. The van der Waals surface area contributed by atoms with Crippen molar-refractivity contribution in [3.05, 3.63) is 70.3 Å². The van der Waals surface area contributed by atoms with Gasteiger partial charge in [-0.25, -0.2) is 0 Å². The zero-order valence-corrected chi connectivity index (χ0v) is 12.0. The molecule has 1 aliphatic rings. The van der Waals surface area contributed by atoms with Crippen LogP contribution in [0.1, 0.15) is 48.6 Å². The summed E-state index contributed by atoms with van der Waals surface area (Å²) in [6, 6.07) is 13.8. The summed E-state index contributed by atoms with van der Waals surface area (Å²) in [4.78, 5) is 0. The summed E-state index contributed by atoms with van der Waals surface area (Å²) in [5.41, 5.74) is 5.75. The van der Waals surface area contributed by atoms with Gasteiger partial charge in [-0.2, -0.15) is 0 Å². The van der Waals surface area contributed by atoms with Crippen LogP contribution in [-0.2, 0) is 5.41 Å². The lowest BCUT2D eigenvalue weighted by atomic mass is 9.79. The fourth-order valence-corrected chi connectivity index (χ4v) is 2.64. The van der Waals surface area contributed by atoms with E-state index in [0.717, 1.165) is 22.3 Å². The van der Waals surface area contributed by atoms with E-state index in [4.69, 9.17) is 10.8 Å². The van der Waals surface area contributed by atoms with Crippen LogP contribution < -0.4 is 0 Å². The molecule has 20 heavy (non-hydrogen) atoms. The molecule has 0 radical (unpaired) electrons. The monoisotopic (exact) mass is 262 g/mol. The van der Waals surface area contributed by atoms with E-state index < -0.39 is 0 Å². The van der Waals surface area contributed by atoms with Gasteiger partial charge in [-0.15, -0.1) is 0 Å². The Labute approximate surface area is 119 Å². The van der Waals surface area contributed by atoms with Crippen LogP contribution in [0.3, 0.4) is 0 Å². The van der Waals surface area contributed by atoms with Gasteiger partial charge >= 0.3 is 0 Å². The van der Waals surface area contributed by atoms with Crippen molar-refractivity contribution in [2.45, 2.75) is 26.2 Å². The van der Waals surface area contributed by atoms with E-state index in [-0.39, 0.29) is 5.41 Å². The normalized spacial score (nSPS) is 13.9. The van der Waals surface area contributed by atoms with Crippen molar-refractivity contribution in [3.8, 4) is 0 Å². The molecular formula is C18H18N2. The summed E-state index contributed by atoms with van der Waals surface area (Å²) in [5.74, 6) is 0. The number of nitrogens with one attached hydrogen (secondary N) is 2. The van der Waals surface area contributed by atoms with Crippen LogP contribution in [0.2, 0.25) is 0 Å². The topological polar surface area (TPSA) is 47.7 Å². The molecule has 0 aliphatic heterocycles. The van der Waals surface area contributed by atoms with E-state index >= 15 is 0 Å². The lowest BCUT2D eigenvalue weighted by Crippen LogP contribution is -2.22. The Bertz CT molecular complexity index is 733. The van der Waals surface area contributed by atoms with Crippen molar-refractivity contribution in [1.82, 2.24) is 0 Å². The van der Waals surface area contributed by atoms with Gasteiger partial charge in [-0.1, -0.05) is 57.2 Å². The van der Waals surface area contributed by atoms with Crippen LogP contribution >= 0.6 is 0 Å². The molecule has 0 bridgehead atoms. The minimum absolute atomic E-state index is 0.0501. The Balaban J connectivity index is 2.24. The summed E-state index contributed by atoms with van der Waals surface area (Å²) in [7, 11) is 0. The molecule has 0 spiro atoms. The highest BCUT2D eigenvalue weighted by Gasteiger charge is 2.26. The van der Waals surface area contributed by atoms with Gasteiger partial charge in [0, 0.05) is 22.3 Å². The van der Waals surface area contributed by atoms with E-state index in [9.17, 15) is 0 Å². The van der Waals surface area contributed by atoms with Crippen LogP contribution in [0.25, 0.3) is 0 Å². The number of benzene rings is 2. The second kappa shape index (κ2) is 4.14. The number of hydrogen-bond donors (Lipinski definition) is 2. The molecule has 0 heterocycles. The lowest BCUT2D eigenvalue weighted by Gasteiger charge is -2.25. The first-order chi connectivity index (χ1) is 9.39. The van der Waals surface area contributed by atoms with Crippen molar-refractivity contribution in [1.29, 1.82) is 10.8 Å². The second-order valence-electron chi connectivity index (χ2n) is 6.31. The zero-order chi connectivity index (χ0) is 14.5. The third-order valence-corrected chi connectivity index (χ3v) is 3.89. The first-order valence-corrected chi connectivity index (χ1v) is 6.82. The third kappa shape index (κ3) is 1.80. The molecule has 3 rings (SSSR count). The maximum absolute atomic E-state index is 8.45. The smallest absolute Gasteiger partial charge is 0.0698 e. The van der Waals surface area contributed by atoms with Crippen molar-refractivity contribution in [2.24, 2.45) is 0 Å². The van der Waals surface area contributed by atoms with E-state index in [1.54, 1.807) is 0 Å². The Morgan fingerprint density at radius 1 is 0.700 bits per heavy atom. The Morgan fingerprint density at radius 2 is 1.20 bits per heavy atom. The molecule has 0 saturated heterocycles. The molecule has 0 fully saturated rings. The van der Waals surface area contributed by atoms with Crippen molar-refractivity contribution < 1.29 is 0 Å².